The number of nitrogens with one attached hydrogen (secondary N) is 4. The maximum atomic E-state index is 12.7. The highest BCUT2D eigenvalue weighted by Gasteiger charge is 2.33. The van der Waals surface area contributed by atoms with Gasteiger partial charge in [-0.05, 0) is 5.92 Å². The Morgan fingerprint density at radius 2 is 1.47 bits per heavy atom. The Balaban J connectivity index is 2.92. The van der Waals surface area contributed by atoms with E-state index in [1.54, 1.807) is 0 Å². The number of H-pyrrole nitrogens is 1. The number of nitrogens with two attached hydrogens (primary N) is 1. The molecule has 0 bridgehead atoms. The van der Waals surface area contributed by atoms with Crippen LogP contribution < -0.4 is 21.7 Å². The summed E-state index contributed by atoms with van der Waals surface area (Å²) >= 11 is 0. The monoisotopic (exact) mass is 484 g/mol. The number of carboxylic acids is 3. The molecule has 1 aromatic rings. The molecule has 1 aromatic heterocycles. The maximum Gasteiger partial charge on any atom is 0.326 e. The first-order valence-electron chi connectivity index (χ1n) is 10.1. The fraction of sp³-hybridized carbons (Fsp3) is 0.526. The number of aliphatic carboxylic acids is 3. The highest BCUT2D eigenvalue weighted by atomic mass is 16.4. The minimum Gasteiger partial charge on any atom is -0.481 e. The number of imidazole rings is 1. The average molecular weight is 484 g/mol. The summed E-state index contributed by atoms with van der Waals surface area (Å²) in [6, 6.07) is -5.84. The zero-order valence-electron chi connectivity index (χ0n) is 18.5. The molecular formula is C19H28N6O9. The van der Waals surface area contributed by atoms with Crippen molar-refractivity contribution in [1.82, 2.24) is 25.9 Å². The Bertz CT molecular complexity index is 902. The molecule has 0 aliphatic rings. The second-order valence-electron chi connectivity index (χ2n) is 7.77. The van der Waals surface area contributed by atoms with Crippen LogP contribution in [0, 0.1) is 5.92 Å². The summed E-state index contributed by atoms with van der Waals surface area (Å²) in [6.07, 6.45) is 1.13. The average Bonchev–Trinajstić information content (AvgIpc) is 3.22. The molecule has 4 unspecified atom stereocenters. The fourth-order valence-electron chi connectivity index (χ4n) is 2.81. The van der Waals surface area contributed by atoms with Gasteiger partial charge in [-0.15, -0.1) is 0 Å². The molecule has 4 atom stereocenters. The maximum absolute atomic E-state index is 12.7. The third kappa shape index (κ3) is 9.23. The first kappa shape index (κ1) is 28.0. The SMILES string of the molecule is CC(C)C(NC(=O)C(CC(=O)O)NC(=O)C(N)Cc1cnc[nH]1)C(=O)NC(CC(=O)O)C(=O)O. The molecule has 15 heteroatoms. The number of hydrogen-bond acceptors (Lipinski definition) is 8. The summed E-state index contributed by atoms with van der Waals surface area (Å²) in [5.41, 5.74) is 6.34. The van der Waals surface area contributed by atoms with E-state index in [0.717, 1.165) is 0 Å². The molecule has 9 N–H and O–H groups in total. The highest BCUT2D eigenvalue weighted by Crippen LogP contribution is 2.06. The van der Waals surface area contributed by atoms with Gasteiger partial charge < -0.3 is 42.0 Å². The van der Waals surface area contributed by atoms with Gasteiger partial charge in [-0.2, -0.15) is 0 Å². The van der Waals surface area contributed by atoms with E-state index in [2.05, 4.69) is 20.6 Å². The van der Waals surface area contributed by atoms with Crippen molar-refractivity contribution in [3.05, 3.63) is 18.2 Å². The lowest BCUT2D eigenvalue weighted by Gasteiger charge is -2.26. The molecule has 1 heterocycles. The lowest BCUT2D eigenvalue weighted by atomic mass is 10.0. The number of carbonyl (C=O) groups is 6. The lowest BCUT2D eigenvalue weighted by Crippen LogP contribution is -2.59. The van der Waals surface area contributed by atoms with Gasteiger partial charge in [0.05, 0.1) is 25.2 Å². The van der Waals surface area contributed by atoms with Gasteiger partial charge in [-0.3, -0.25) is 24.0 Å². The molecule has 15 nitrogen and oxygen atoms in total. The van der Waals surface area contributed by atoms with Crippen LogP contribution in [0.3, 0.4) is 0 Å². The second-order valence-corrected chi connectivity index (χ2v) is 7.77. The first-order chi connectivity index (χ1) is 15.8. The van der Waals surface area contributed by atoms with Gasteiger partial charge in [0.2, 0.25) is 17.7 Å². The number of rotatable bonds is 14. The Kier molecular flexibility index (Phi) is 10.6. The zero-order chi connectivity index (χ0) is 26.0. The molecule has 0 spiro atoms. The van der Waals surface area contributed by atoms with Gasteiger partial charge in [0.25, 0.3) is 0 Å². The second kappa shape index (κ2) is 12.9. The first-order valence-corrected chi connectivity index (χ1v) is 10.1. The third-order valence-electron chi connectivity index (χ3n) is 4.58. The Morgan fingerprint density at radius 3 is 1.94 bits per heavy atom. The molecule has 0 radical (unpaired) electrons. The molecule has 0 aliphatic heterocycles. The van der Waals surface area contributed by atoms with Crippen LogP contribution in [0.25, 0.3) is 0 Å². The van der Waals surface area contributed by atoms with Crippen molar-refractivity contribution in [1.29, 1.82) is 0 Å². The summed E-state index contributed by atoms with van der Waals surface area (Å²) < 4.78 is 0. The summed E-state index contributed by atoms with van der Waals surface area (Å²) in [6.45, 7) is 3.03. The Labute approximate surface area is 193 Å². The number of hydrogen-bond donors (Lipinski definition) is 8. The largest absolute Gasteiger partial charge is 0.481 e. The van der Waals surface area contributed by atoms with E-state index in [0.29, 0.717) is 5.69 Å². The van der Waals surface area contributed by atoms with E-state index in [1.807, 2.05) is 5.32 Å². The van der Waals surface area contributed by atoms with Crippen LogP contribution in [0.1, 0.15) is 32.4 Å². The van der Waals surface area contributed by atoms with Gasteiger partial charge in [0.1, 0.15) is 18.1 Å². The number of aromatic nitrogens is 2. The van der Waals surface area contributed by atoms with Gasteiger partial charge in [0.15, 0.2) is 0 Å². The number of carboxylic acid groups (broad SMARTS) is 3. The van der Waals surface area contributed by atoms with E-state index in [4.69, 9.17) is 21.1 Å². The van der Waals surface area contributed by atoms with Crippen molar-refractivity contribution in [2.24, 2.45) is 11.7 Å². The lowest BCUT2D eigenvalue weighted by molar-refractivity contribution is -0.147. The van der Waals surface area contributed by atoms with Crippen LogP contribution >= 0.6 is 0 Å². The van der Waals surface area contributed by atoms with Crippen LogP contribution in [0.4, 0.5) is 0 Å². The van der Waals surface area contributed by atoms with Crippen LogP contribution in [0.2, 0.25) is 0 Å². The smallest absolute Gasteiger partial charge is 0.326 e. The molecular weight excluding hydrogens is 456 g/mol. The van der Waals surface area contributed by atoms with Crippen LogP contribution in [0.15, 0.2) is 12.5 Å². The molecule has 1 rings (SSSR count). The Morgan fingerprint density at radius 1 is 0.912 bits per heavy atom. The van der Waals surface area contributed by atoms with Crippen LogP contribution in [-0.4, -0.2) is 85.1 Å². The number of amides is 3. The summed E-state index contributed by atoms with van der Waals surface area (Å²) in [5.74, 6) is -7.92. The normalized spacial score (nSPS) is 14.4. The molecule has 0 saturated carbocycles. The highest BCUT2D eigenvalue weighted by molar-refractivity contribution is 5.96. The number of aromatic amines is 1. The van der Waals surface area contributed by atoms with E-state index in [9.17, 15) is 28.8 Å². The third-order valence-corrected chi connectivity index (χ3v) is 4.58. The quantitative estimate of drug-likeness (QED) is 0.136. The van der Waals surface area contributed by atoms with E-state index < -0.39 is 78.6 Å². The standard InChI is InChI=1S/C19H28N6O9/c1-8(2)15(18(32)24-12(19(33)34)5-14(28)29)25-17(31)11(4-13(26)27)23-16(30)10(20)3-9-6-21-7-22-9/h6-8,10-12,15H,3-5,20H2,1-2H3,(H,21,22)(H,23,30)(H,24,32)(H,25,31)(H,26,27)(H,28,29)(H,33,34). The van der Waals surface area contributed by atoms with Crippen molar-refractivity contribution >= 4 is 35.6 Å². The molecule has 188 valence electrons. The fourth-order valence-corrected chi connectivity index (χ4v) is 2.81. The predicted molar refractivity (Wildman–Crippen MR) is 113 cm³/mol. The van der Waals surface area contributed by atoms with Gasteiger partial charge in [-0.1, -0.05) is 13.8 Å². The van der Waals surface area contributed by atoms with Gasteiger partial charge >= 0.3 is 17.9 Å². The minimum atomic E-state index is -1.75. The summed E-state index contributed by atoms with van der Waals surface area (Å²) in [4.78, 5) is 77.5. The van der Waals surface area contributed by atoms with Crippen molar-refractivity contribution in [2.45, 2.75) is 57.3 Å². The molecule has 34 heavy (non-hydrogen) atoms. The van der Waals surface area contributed by atoms with Crippen molar-refractivity contribution in [3.8, 4) is 0 Å². The van der Waals surface area contributed by atoms with Crippen LogP contribution in [-0.2, 0) is 35.2 Å². The number of nitrogens with zero attached hydrogens (tertiary/aromatic N) is 1. The van der Waals surface area contributed by atoms with E-state index in [-0.39, 0.29) is 6.42 Å². The minimum absolute atomic E-state index is 0.0322. The summed E-state index contributed by atoms with van der Waals surface area (Å²) in [5, 5.41) is 33.6. The summed E-state index contributed by atoms with van der Waals surface area (Å²) in [7, 11) is 0. The molecule has 0 saturated heterocycles. The molecule has 3 amide bonds. The van der Waals surface area contributed by atoms with Crippen molar-refractivity contribution in [3.63, 3.8) is 0 Å². The molecule has 0 aliphatic carbocycles. The zero-order valence-corrected chi connectivity index (χ0v) is 18.5. The van der Waals surface area contributed by atoms with Gasteiger partial charge in [-0.25, -0.2) is 9.78 Å². The molecule has 0 fully saturated rings. The van der Waals surface area contributed by atoms with Crippen LogP contribution in [0.5, 0.6) is 0 Å². The van der Waals surface area contributed by atoms with Gasteiger partial charge in [0, 0.05) is 18.3 Å². The number of carbonyl (C=O) groups excluding carboxylic acids is 3. The van der Waals surface area contributed by atoms with Crippen molar-refractivity contribution in [2.75, 3.05) is 0 Å². The topological polar surface area (TPSA) is 254 Å². The van der Waals surface area contributed by atoms with E-state index in [1.165, 1.54) is 26.4 Å². The van der Waals surface area contributed by atoms with E-state index >= 15 is 0 Å². The predicted octanol–water partition coefficient (Wildman–Crippen LogP) is -2.58. The Hall–Kier alpha value is -4.01. The molecule has 0 aromatic carbocycles. The van der Waals surface area contributed by atoms with Crippen molar-refractivity contribution < 1.29 is 44.1 Å².